The molecule has 1 fully saturated rings. The number of unbranched alkanes of at least 4 members (excludes halogenated alkanes) is 1. The number of hydrogen-bond acceptors (Lipinski definition) is 11. The topological polar surface area (TPSA) is 120 Å². The van der Waals surface area contributed by atoms with Gasteiger partial charge in [0.05, 0.1) is 39.6 Å². The van der Waals surface area contributed by atoms with Crippen LogP contribution < -0.4 is 23.8 Å². The van der Waals surface area contributed by atoms with E-state index in [2.05, 4.69) is 17.1 Å². The fraction of sp³-hybridized carbons (Fsp3) is 0.273. The van der Waals surface area contributed by atoms with E-state index < -0.39 is 17.7 Å². The number of hydrogen-bond donors (Lipinski definition) is 1. The number of halogens is 1. The van der Waals surface area contributed by atoms with E-state index in [1.54, 1.807) is 48.5 Å². The first-order chi connectivity index (χ1) is 22.3. The standard InChI is InChI=1S/C33H32FN3O7S2/c1-5-6-15-44-23-13-9-20(10-14-23)28(38)26-27(21-16-24(41-2)30(43-4)25(17-21)42-3)37(31(40)29(26)39)32-35-36-33(46-32)45-18-19-7-11-22(34)12-8-19/h7-14,16-17,27,38H,5-6,15,18H2,1-4H3/b28-26+. The van der Waals surface area contributed by atoms with Crippen LogP contribution in [-0.4, -0.2) is 54.9 Å². The first-order valence-electron chi connectivity index (χ1n) is 14.3. The van der Waals surface area contributed by atoms with Crippen molar-refractivity contribution < 1.29 is 38.0 Å². The molecule has 10 nitrogen and oxygen atoms in total. The van der Waals surface area contributed by atoms with Gasteiger partial charge in [-0.05, 0) is 66.1 Å². The van der Waals surface area contributed by atoms with Crippen LogP contribution in [0.5, 0.6) is 23.0 Å². The molecule has 1 amide bonds. The van der Waals surface area contributed by atoms with Crippen molar-refractivity contribution in [2.24, 2.45) is 0 Å². The van der Waals surface area contributed by atoms with E-state index in [1.165, 1.54) is 50.1 Å². The third-order valence-corrected chi connectivity index (χ3v) is 9.35. The minimum atomic E-state index is -1.11. The maximum absolute atomic E-state index is 13.7. The van der Waals surface area contributed by atoms with Gasteiger partial charge in [0.15, 0.2) is 15.8 Å². The molecule has 0 aliphatic carbocycles. The molecule has 240 valence electrons. The van der Waals surface area contributed by atoms with Crippen LogP contribution in [0.4, 0.5) is 9.52 Å². The van der Waals surface area contributed by atoms with Gasteiger partial charge < -0.3 is 24.1 Å². The predicted octanol–water partition coefficient (Wildman–Crippen LogP) is 6.80. The molecule has 46 heavy (non-hydrogen) atoms. The molecule has 0 radical (unpaired) electrons. The highest BCUT2D eigenvalue weighted by atomic mass is 32.2. The highest BCUT2D eigenvalue weighted by molar-refractivity contribution is 8.00. The lowest BCUT2D eigenvalue weighted by molar-refractivity contribution is -0.132. The van der Waals surface area contributed by atoms with Gasteiger partial charge in [0.2, 0.25) is 10.9 Å². The molecule has 13 heteroatoms. The number of benzene rings is 3. The van der Waals surface area contributed by atoms with Crippen molar-refractivity contribution in [1.29, 1.82) is 0 Å². The maximum atomic E-state index is 13.7. The lowest BCUT2D eigenvalue weighted by Crippen LogP contribution is -2.29. The average molecular weight is 666 g/mol. The molecule has 5 rings (SSSR count). The Morgan fingerprint density at radius 3 is 2.26 bits per heavy atom. The zero-order valence-corrected chi connectivity index (χ0v) is 27.2. The number of ketones is 1. The van der Waals surface area contributed by atoms with Crippen molar-refractivity contribution in [1.82, 2.24) is 10.2 Å². The molecule has 1 aliphatic rings. The molecular formula is C33H32FN3O7S2. The van der Waals surface area contributed by atoms with E-state index in [0.29, 0.717) is 50.8 Å². The van der Waals surface area contributed by atoms with Crippen LogP contribution in [0, 0.1) is 5.82 Å². The van der Waals surface area contributed by atoms with E-state index in [1.807, 2.05) is 0 Å². The number of Topliss-reactive ketones (excluding diaryl/α,β-unsaturated/α-hetero) is 1. The number of carbonyl (C=O) groups is 2. The van der Waals surface area contributed by atoms with Crippen LogP contribution >= 0.6 is 23.1 Å². The van der Waals surface area contributed by atoms with Gasteiger partial charge in [-0.15, -0.1) is 10.2 Å². The molecular weight excluding hydrogens is 634 g/mol. The number of rotatable bonds is 13. The van der Waals surface area contributed by atoms with Crippen molar-refractivity contribution >= 4 is 45.7 Å². The molecule has 0 spiro atoms. The minimum absolute atomic E-state index is 0.144. The summed E-state index contributed by atoms with van der Waals surface area (Å²) >= 11 is 2.47. The number of carbonyl (C=O) groups excluding carboxylic acids is 2. The number of anilines is 1. The highest BCUT2D eigenvalue weighted by Crippen LogP contribution is 2.48. The molecule has 1 atom stereocenters. The number of aliphatic hydroxyl groups is 1. The molecule has 3 aromatic carbocycles. The fourth-order valence-electron chi connectivity index (χ4n) is 4.89. The summed E-state index contributed by atoms with van der Waals surface area (Å²) in [5.74, 6) is -0.456. The van der Waals surface area contributed by atoms with Crippen LogP contribution in [-0.2, 0) is 15.3 Å². The number of aliphatic hydroxyl groups excluding tert-OH is 1. The number of thioether (sulfide) groups is 1. The van der Waals surface area contributed by atoms with E-state index in [9.17, 15) is 19.1 Å². The van der Waals surface area contributed by atoms with Crippen LogP contribution in [0.1, 0.15) is 42.5 Å². The number of aromatic nitrogens is 2. The van der Waals surface area contributed by atoms with Crippen molar-refractivity contribution in [2.45, 2.75) is 35.9 Å². The monoisotopic (exact) mass is 665 g/mol. The Bertz CT molecular complexity index is 1720. The first kappa shape index (κ1) is 32.8. The third kappa shape index (κ3) is 6.80. The highest BCUT2D eigenvalue weighted by Gasteiger charge is 2.49. The van der Waals surface area contributed by atoms with Crippen molar-refractivity contribution in [2.75, 3.05) is 32.8 Å². The molecule has 1 N–H and O–H groups in total. The van der Waals surface area contributed by atoms with Crippen LogP contribution in [0.3, 0.4) is 0 Å². The summed E-state index contributed by atoms with van der Waals surface area (Å²) in [7, 11) is 4.38. The molecule has 4 aromatic rings. The van der Waals surface area contributed by atoms with Crippen LogP contribution in [0.15, 0.2) is 70.6 Å². The Morgan fingerprint density at radius 2 is 1.65 bits per heavy atom. The van der Waals surface area contributed by atoms with Gasteiger partial charge in [-0.25, -0.2) is 4.39 Å². The molecule has 0 saturated carbocycles. The number of amides is 1. The molecule has 1 unspecified atom stereocenters. The third-order valence-electron chi connectivity index (χ3n) is 7.22. The van der Waals surface area contributed by atoms with Gasteiger partial charge >= 0.3 is 5.91 Å². The SMILES string of the molecule is CCCCOc1ccc(/C(O)=C2\C(=O)C(=O)N(c3nnc(SCc4ccc(F)cc4)s3)C2c2cc(OC)c(OC)c(OC)c2)cc1. The Morgan fingerprint density at radius 1 is 0.978 bits per heavy atom. The van der Waals surface area contributed by atoms with Gasteiger partial charge in [0.1, 0.15) is 17.3 Å². The summed E-state index contributed by atoms with van der Waals surface area (Å²) in [4.78, 5) is 28.6. The minimum Gasteiger partial charge on any atom is -0.507 e. The second-order valence-electron chi connectivity index (χ2n) is 10.1. The summed E-state index contributed by atoms with van der Waals surface area (Å²) in [6, 6.07) is 14.9. The van der Waals surface area contributed by atoms with Crippen LogP contribution in [0.2, 0.25) is 0 Å². The number of methoxy groups -OCH3 is 3. The van der Waals surface area contributed by atoms with Crippen molar-refractivity contribution in [3.05, 3.63) is 88.7 Å². The molecule has 1 saturated heterocycles. The van der Waals surface area contributed by atoms with E-state index >= 15 is 0 Å². The predicted molar refractivity (Wildman–Crippen MR) is 174 cm³/mol. The smallest absolute Gasteiger partial charge is 0.301 e. The second kappa shape index (κ2) is 14.6. The maximum Gasteiger partial charge on any atom is 0.301 e. The van der Waals surface area contributed by atoms with Crippen LogP contribution in [0.25, 0.3) is 5.76 Å². The number of ether oxygens (including phenoxy) is 4. The Hall–Kier alpha value is -4.62. The van der Waals surface area contributed by atoms with E-state index in [0.717, 1.165) is 29.7 Å². The quantitative estimate of drug-likeness (QED) is 0.0408. The van der Waals surface area contributed by atoms with Crippen molar-refractivity contribution in [3.8, 4) is 23.0 Å². The van der Waals surface area contributed by atoms with E-state index in [4.69, 9.17) is 18.9 Å². The summed E-state index contributed by atoms with van der Waals surface area (Å²) in [6.45, 7) is 2.62. The molecule has 0 bridgehead atoms. The molecule has 2 heterocycles. The molecule has 1 aromatic heterocycles. The van der Waals surface area contributed by atoms with Gasteiger partial charge in [-0.3, -0.25) is 14.5 Å². The lowest BCUT2D eigenvalue weighted by atomic mass is 9.94. The zero-order valence-electron chi connectivity index (χ0n) is 25.6. The molecule has 1 aliphatic heterocycles. The summed E-state index contributed by atoms with van der Waals surface area (Å²) in [6.07, 6.45) is 1.89. The normalized spacial score (nSPS) is 15.7. The van der Waals surface area contributed by atoms with Crippen molar-refractivity contribution in [3.63, 3.8) is 0 Å². The number of nitrogens with zero attached hydrogens (tertiary/aromatic N) is 3. The fourth-order valence-corrected chi connectivity index (χ4v) is 6.71. The summed E-state index contributed by atoms with van der Waals surface area (Å²) < 4.78 is 36.2. The Kier molecular flexibility index (Phi) is 10.4. The average Bonchev–Trinajstić information content (AvgIpc) is 3.65. The lowest BCUT2D eigenvalue weighted by Gasteiger charge is -2.24. The Labute approximate surface area is 273 Å². The first-order valence-corrected chi connectivity index (χ1v) is 16.1. The van der Waals surface area contributed by atoms with Gasteiger partial charge in [0.25, 0.3) is 5.78 Å². The zero-order chi connectivity index (χ0) is 32.8. The summed E-state index contributed by atoms with van der Waals surface area (Å²) in [5, 5.41) is 20.2. The van der Waals surface area contributed by atoms with Gasteiger partial charge in [-0.1, -0.05) is 48.6 Å². The largest absolute Gasteiger partial charge is 0.507 e. The second-order valence-corrected chi connectivity index (χ2v) is 12.3. The van der Waals surface area contributed by atoms with E-state index in [-0.39, 0.29) is 22.3 Å². The van der Waals surface area contributed by atoms with Gasteiger partial charge in [0, 0.05) is 11.3 Å². The summed E-state index contributed by atoms with van der Waals surface area (Å²) in [5.41, 5.74) is 1.47. The Balaban J connectivity index is 1.57. The van der Waals surface area contributed by atoms with Gasteiger partial charge in [-0.2, -0.15) is 0 Å².